The van der Waals surface area contributed by atoms with E-state index in [1.807, 2.05) is 70.3 Å². The fourth-order valence-electron chi connectivity index (χ4n) is 11.3. The van der Waals surface area contributed by atoms with Crippen molar-refractivity contribution < 1.29 is 0 Å². The Balaban J connectivity index is 0.000000158. The van der Waals surface area contributed by atoms with Crippen molar-refractivity contribution in [3.63, 3.8) is 0 Å². The summed E-state index contributed by atoms with van der Waals surface area (Å²) in [6, 6.07) is 18.6. The Bertz CT molecular complexity index is 2310. The van der Waals surface area contributed by atoms with Crippen molar-refractivity contribution in [2.45, 2.75) is 102 Å². The monoisotopic (exact) mass is 841 g/mol. The molecule has 14 nitrogen and oxygen atoms in total. The Morgan fingerprint density at radius 2 is 0.903 bits per heavy atom. The highest BCUT2D eigenvalue weighted by molar-refractivity contribution is 5.75. The zero-order chi connectivity index (χ0) is 42.7. The van der Waals surface area contributed by atoms with E-state index in [1.165, 1.54) is 36.8 Å². The smallest absolute Gasteiger partial charge is 0.306 e. The second-order valence-electron chi connectivity index (χ2n) is 18.5. The number of hydrogen-bond donors (Lipinski definition) is 2. The Morgan fingerprint density at radius 1 is 0.532 bits per heavy atom. The van der Waals surface area contributed by atoms with Gasteiger partial charge in [-0.05, 0) is 88.5 Å². The number of likely N-dealkylation sites (tertiary alicyclic amines) is 4. The van der Waals surface area contributed by atoms with Gasteiger partial charge < -0.3 is 9.97 Å². The van der Waals surface area contributed by atoms with Crippen LogP contribution < -0.4 is 11.4 Å². The molecule has 6 atom stereocenters. The lowest BCUT2D eigenvalue weighted by molar-refractivity contribution is 0.0451. The second kappa shape index (κ2) is 18.8. The standard InChI is InChI=1S/2C24H32N6O/c2*1-17-15-29(12-9-22(17)30-23-6-4-3-5-21(23)27-24(30)31)20-7-10-28(11-8-20)18(2)19-13-25-16-26-14-19/h2*3-6,13-14,16-18,20,22H,7-12,15H2,1-2H3,(H,27,31)/t17-,18+,22-;17-,18-,22-/m01/s1. The first-order valence-corrected chi connectivity index (χ1v) is 23.1. The minimum atomic E-state index is 0.0266. The summed E-state index contributed by atoms with van der Waals surface area (Å²) in [6.45, 7) is 17.8. The van der Waals surface area contributed by atoms with Gasteiger partial charge in [0, 0.05) is 125 Å². The third-order valence-electron chi connectivity index (χ3n) is 14.9. The Hall–Kier alpha value is -5.02. The maximum Gasteiger partial charge on any atom is 0.326 e. The fraction of sp³-hybridized carbons (Fsp3) is 0.542. The van der Waals surface area contributed by atoms with Gasteiger partial charge in [-0.2, -0.15) is 0 Å². The molecule has 0 spiro atoms. The van der Waals surface area contributed by atoms with E-state index in [9.17, 15) is 9.59 Å². The average Bonchev–Trinajstić information content (AvgIpc) is 3.84. The van der Waals surface area contributed by atoms with Gasteiger partial charge in [-0.25, -0.2) is 29.5 Å². The predicted octanol–water partition coefficient (Wildman–Crippen LogP) is 6.46. The van der Waals surface area contributed by atoms with E-state index in [-0.39, 0.29) is 23.5 Å². The molecule has 6 aromatic rings. The van der Waals surface area contributed by atoms with Crippen LogP contribution in [0.25, 0.3) is 22.1 Å². The number of rotatable bonds is 8. The largest absolute Gasteiger partial charge is 0.326 e. The minimum Gasteiger partial charge on any atom is -0.306 e. The molecule has 2 N–H and O–H groups in total. The number of aromatic nitrogens is 8. The molecule has 0 saturated carbocycles. The van der Waals surface area contributed by atoms with E-state index < -0.39 is 0 Å². The molecular weight excluding hydrogens is 777 g/mol. The average molecular weight is 841 g/mol. The van der Waals surface area contributed by atoms with Crippen molar-refractivity contribution >= 4 is 22.1 Å². The number of H-pyrrole nitrogens is 2. The van der Waals surface area contributed by atoms with Gasteiger partial charge in [-0.15, -0.1) is 0 Å². The molecule has 328 valence electrons. The molecule has 0 radical (unpaired) electrons. The van der Waals surface area contributed by atoms with Crippen LogP contribution in [0.4, 0.5) is 0 Å². The summed E-state index contributed by atoms with van der Waals surface area (Å²) in [6.07, 6.45) is 17.8. The van der Waals surface area contributed by atoms with Crippen LogP contribution in [0.5, 0.6) is 0 Å². The molecule has 0 aliphatic carbocycles. The third kappa shape index (κ3) is 8.79. The SMILES string of the molecule is C[C@@H]1CN(C2CCN([C@H](C)c3cncnc3)CC2)CC[C@H]1n1c(=O)[nH]c2ccccc21.C[C@H](c1cncnc1)N1CCC(N2CC[C@H](n3c(=O)[nH]c4ccccc43)[C@@H](C)C2)CC1. The molecule has 4 fully saturated rings. The van der Waals surface area contributed by atoms with E-state index in [2.05, 4.69) is 89.3 Å². The minimum absolute atomic E-state index is 0.0266. The zero-order valence-electron chi connectivity index (χ0n) is 36.9. The number of aromatic amines is 2. The zero-order valence-corrected chi connectivity index (χ0v) is 36.9. The Kier molecular flexibility index (Phi) is 12.8. The summed E-state index contributed by atoms with van der Waals surface area (Å²) >= 11 is 0. The molecule has 0 unspecified atom stereocenters. The topological polar surface area (TPSA) is 140 Å². The Labute approximate surface area is 364 Å². The number of para-hydroxylation sites is 4. The number of fused-ring (bicyclic) bond motifs is 2. The maximum atomic E-state index is 12.7. The normalized spacial score (nSPS) is 25.1. The summed E-state index contributed by atoms with van der Waals surface area (Å²) in [5.41, 5.74) is 6.38. The van der Waals surface area contributed by atoms with Crippen molar-refractivity contribution in [3.8, 4) is 0 Å². The summed E-state index contributed by atoms with van der Waals surface area (Å²) in [5.74, 6) is 0.896. The molecule has 62 heavy (non-hydrogen) atoms. The first-order chi connectivity index (χ1) is 30.2. The highest BCUT2D eigenvalue weighted by Crippen LogP contribution is 2.35. The second-order valence-corrected chi connectivity index (χ2v) is 18.5. The number of piperidine rings is 4. The summed E-state index contributed by atoms with van der Waals surface area (Å²) in [4.78, 5) is 58.5. The van der Waals surface area contributed by atoms with Gasteiger partial charge in [0.1, 0.15) is 12.7 Å². The lowest BCUT2D eigenvalue weighted by Crippen LogP contribution is -2.50. The molecule has 0 bridgehead atoms. The highest BCUT2D eigenvalue weighted by atomic mass is 16.1. The number of nitrogens with one attached hydrogen (secondary N) is 2. The third-order valence-corrected chi connectivity index (χ3v) is 14.9. The van der Waals surface area contributed by atoms with E-state index in [0.717, 1.165) is 87.3 Å². The molecule has 4 aliphatic rings. The number of hydrogen-bond acceptors (Lipinski definition) is 10. The van der Waals surface area contributed by atoms with E-state index in [1.54, 1.807) is 12.7 Å². The summed E-state index contributed by atoms with van der Waals surface area (Å²) in [5, 5.41) is 0. The molecular formula is C48H64N12O2. The summed E-state index contributed by atoms with van der Waals surface area (Å²) in [7, 11) is 0. The van der Waals surface area contributed by atoms with Gasteiger partial charge in [0.15, 0.2) is 0 Å². The molecule has 2 aromatic carbocycles. The van der Waals surface area contributed by atoms with Gasteiger partial charge in [-0.1, -0.05) is 38.1 Å². The quantitative estimate of drug-likeness (QED) is 0.176. The number of nitrogens with zero attached hydrogens (tertiary/aromatic N) is 10. The molecule has 4 saturated heterocycles. The van der Waals surface area contributed by atoms with Crippen LogP contribution in [0.2, 0.25) is 0 Å². The number of benzene rings is 2. The predicted molar refractivity (Wildman–Crippen MR) is 244 cm³/mol. The van der Waals surface area contributed by atoms with Gasteiger partial charge >= 0.3 is 11.4 Å². The number of imidazole rings is 2. The fourth-order valence-corrected chi connectivity index (χ4v) is 11.3. The lowest BCUT2D eigenvalue weighted by Gasteiger charge is -2.45. The van der Waals surface area contributed by atoms with Crippen molar-refractivity contribution in [1.29, 1.82) is 0 Å². The first-order valence-electron chi connectivity index (χ1n) is 23.1. The highest BCUT2D eigenvalue weighted by Gasteiger charge is 2.36. The van der Waals surface area contributed by atoms with Crippen LogP contribution in [-0.4, -0.2) is 123 Å². The molecule has 14 heteroatoms. The first kappa shape index (κ1) is 42.3. The molecule has 10 rings (SSSR count). The Morgan fingerprint density at radius 3 is 1.27 bits per heavy atom. The van der Waals surface area contributed by atoms with Crippen molar-refractivity contribution in [2.24, 2.45) is 11.8 Å². The van der Waals surface area contributed by atoms with Crippen molar-refractivity contribution in [1.82, 2.24) is 58.6 Å². The van der Waals surface area contributed by atoms with Crippen LogP contribution in [0.1, 0.15) is 102 Å². The maximum absolute atomic E-state index is 12.7. The van der Waals surface area contributed by atoms with Crippen molar-refractivity contribution in [2.75, 3.05) is 52.4 Å². The van der Waals surface area contributed by atoms with Crippen LogP contribution in [-0.2, 0) is 0 Å². The van der Waals surface area contributed by atoms with Gasteiger partial charge in [0.2, 0.25) is 0 Å². The van der Waals surface area contributed by atoms with Crippen LogP contribution in [0.3, 0.4) is 0 Å². The lowest BCUT2D eigenvalue weighted by atomic mass is 9.90. The van der Waals surface area contributed by atoms with E-state index >= 15 is 0 Å². The molecule has 0 amide bonds. The van der Waals surface area contributed by atoms with Crippen LogP contribution in [0.15, 0.2) is 95.6 Å². The van der Waals surface area contributed by atoms with Crippen LogP contribution in [0, 0.1) is 11.8 Å². The van der Waals surface area contributed by atoms with E-state index in [0.29, 0.717) is 36.0 Å². The van der Waals surface area contributed by atoms with Gasteiger partial charge in [-0.3, -0.25) is 28.7 Å². The summed E-state index contributed by atoms with van der Waals surface area (Å²) < 4.78 is 4.01. The molecule has 4 aromatic heterocycles. The molecule has 8 heterocycles. The van der Waals surface area contributed by atoms with Gasteiger partial charge in [0.25, 0.3) is 0 Å². The van der Waals surface area contributed by atoms with E-state index in [4.69, 9.17) is 0 Å². The molecule has 4 aliphatic heterocycles. The van der Waals surface area contributed by atoms with Gasteiger partial charge in [0.05, 0.1) is 22.1 Å². The van der Waals surface area contributed by atoms with Crippen LogP contribution >= 0.6 is 0 Å². The van der Waals surface area contributed by atoms with Crippen molar-refractivity contribution in [3.05, 3.63) is 118 Å².